The number of benzene rings is 1. The van der Waals surface area contributed by atoms with Crippen molar-refractivity contribution in [2.45, 2.75) is 13.0 Å². The van der Waals surface area contributed by atoms with Crippen LogP contribution >= 0.6 is 11.6 Å². The number of nitrogens with one attached hydrogen (secondary N) is 1. The molecule has 0 bridgehead atoms. The Morgan fingerprint density at radius 2 is 2.13 bits per heavy atom. The molecule has 0 aliphatic carbocycles. The minimum atomic E-state index is 0.0453. The maximum atomic E-state index is 12.0. The molecule has 0 atom stereocenters. The maximum Gasteiger partial charge on any atom is 0.221 e. The van der Waals surface area contributed by atoms with E-state index in [4.69, 9.17) is 16.3 Å². The number of morpholine rings is 1. The third-order valence-electron chi connectivity index (χ3n) is 4.01. The third kappa shape index (κ3) is 4.43. The first kappa shape index (κ1) is 16.2. The van der Waals surface area contributed by atoms with Crippen LogP contribution in [0.3, 0.4) is 0 Å². The van der Waals surface area contributed by atoms with Gasteiger partial charge in [0.1, 0.15) is 0 Å². The van der Waals surface area contributed by atoms with E-state index < -0.39 is 0 Å². The number of nitrogens with zero attached hydrogens (tertiary/aromatic N) is 3. The van der Waals surface area contributed by atoms with Crippen molar-refractivity contribution >= 4 is 28.4 Å². The maximum absolute atomic E-state index is 12.0. The highest BCUT2D eigenvalue weighted by molar-refractivity contribution is 6.31. The fourth-order valence-electron chi connectivity index (χ4n) is 2.70. The molecule has 1 N–H and O–H groups in total. The van der Waals surface area contributed by atoms with Crippen LogP contribution in [-0.4, -0.2) is 60.0 Å². The second kappa shape index (κ2) is 7.77. The van der Waals surface area contributed by atoms with Gasteiger partial charge in [-0.2, -0.15) is 5.10 Å². The molecule has 1 fully saturated rings. The number of carbonyl (C=O) groups is 1. The molecule has 2 aromatic rings. The van der Waals surface area contributed by atoms with E-state index in [0.29, 0.717) is 24.5 Å². The Kier molecular flexibility index (Phi) is 5.48. The molecule has 1 amide bonds. The Bertz CT molecular complexity index is 667. The first-order chi connectivity index (χ1) is 11.2. The third-order valence-corrected chi connectivity index (χ3v) is 4.25. The average Bonchev–Trinajstić information content (AvgIpc) is 2.96. The predicted octanol–water partition coefficient (Wildman–Crippen LogP) is 1.53. The van der Waals surface area contributed by atoms with Crippen LogP contribution in [0.5, 0.6) is 0 Å². The van der Waals surface area contributed by atoms with Gasteiger partial charge in [-0.15, -0.1) is 0 Å². The van der Waals surface area contributed by atoms with Crippen LogP contribution in [0.25, 0.3) is 10.9 Å². The van der Waals surface area contributed by atoms with Gasteiger partial charge in [0, 0.05) is 43.0 Å². The zero-order chi connectivity index (χ0) is 16.1. The van der Waals surface area contributed by atoms with Crippen molar-refractivity contribution in [2.75, 3.05) is 39.4 Å². The number of aromatic nitrogens is 2. The topological polar surface area (TPSA) is 59.4 Å². The molecule has 1 aromatic heterocycles. The van der Waals surface area contributed by atoms with Crippen molar-refractivity contribution in [1.29, 1.82) is 0 Å². The van der Waals surface area contributed by atoms with Crippen LogP contribution in [0.2, 0.25) is 5.02 Å². The molecule has 2 heterocycles. The minimum Gasteiger partial charge on any atom is -0.379 e. The van der Waals surface area contributed by atoms with E-state index in [1.807, 2.05) is 22.9 Å². The largest absolute Gasteiger partial charge is 0.379 e. The zero-order valence-electron chi connectivity index (χ0n) is 13.0. The molecule has 0 radical (unpaired) electrons. The van der Waals surface area contributed by atoms with Crippen LogP contribution in [0, 0.1) is 0 Å². The fourth-order valence-corrected chi connectivity index (χ4v) is 2.86. The molecule has 1 aromatic carbocycles. The van der Waals surface area contributed by atoms with Gasteiger partial charge in [-0.05, 0) is 18.2 Å². The Morgan fingerprint density at radius 1 is 1.30 bits per heavy atom. The van der Waals surface area contributed by atoms with Gasteiger partial charge in [-0.25, -0.2) is 0 Å². The summed E-state index contributed by atoms with van der Waals surface area (Å²) in [5.41, 5.74) is 0.957. The lowest BCUT2D eigenvalue weighted by atomic mass is 10.2. The van der Waals surface area contributed by atoms with E-state index in [0.717, 1.165) is 43.8 Å². The van der Waals surface area contributed by atoms with Crippen LogP contribution in [-0.2, 0) is 16.1 Å². The summed E-state index contributed by atoms with van der Waals surface area (Å²) in [6.07, 6.45) is 2.20. The summed E-state index contributed by atoms with van der Waals surface area (Å²) < 4.78 is 7.12. The lowest BCUT2D eigenvalue weighted by molar-refractivity contribution is -0.121. The minimum absolute atomic E-state index is 0.0453. The fraction of sp³-hybridized carbons (Fsp3) is 0.500. The van der Waals surface area contributed by atoms with E-state index in [1.165, 1.54) is 0 Å². The van der Waals surface area contributed by atoms with E-state index in [2.05, 4.69) is 15.3 Å². The number of hydrogen-bond donors (Lipinski definition) is 1. The SMILES string of the molecule is O=C(CCn1ncc2ccc(Cl)cc21)NCCN1CCOCC1. The monoisotopic (exact) mass is 336 g/mol. The number of fused-ring (bicyclic) bond motifs is 1. The van der Waals surface area contributed by atoms with Crippen LogP contribution < -0.4 is 5.32 Å². The first-order valence-corrected chi connectivity index (χ1v) is 8.28. The Labute approximate surface area is 140 Å². The van der Waals surface area contributed by atoms with Gasteiger partial charge in [0.25, 0.3) is 0 Å². The lowest BCUT2D eigenvalue weighted by Gasteiger charge is -2.26. The smallest absolute Gasteiger partial charge is 0.221 e. The number of carbonyl (C=O) groups excluding carboxylic acids is 1. The molecular weight excluding hydrogens is 316 g/mol. The number of halogens is 1. The van der Waals surface area contributed by atoms with E-state index in [1.54, 1.807) is 6.20 Å². The lowest BCUT2D eigenvalue weighted by Crippen LogP contribution is -2.41. The zero-order valence-corrected chi connectivity index (χ0v) is 13.8. The van der Waals surface area contributed by atoms with Crippen molar-refractivity contribution in [3.05, 3.63) is 29.4 Å². The van der Waals surface area contributed by atoms with Crippen molar-refractivity contribution in [3.63, 3.8) is 0 Å². The number of aryl methyl sites for hydroxylation is 1. The second-order valence-corrected chi connectivity index (χ2v) is 6.06. The standard InChI is InChI=1S/C16H21ClN4O2/c17-14-2-1-13-12-19-21(15(13)11-14)5-3-16(22)18-4-6-20-7-9-23-10-8-20/h1-2,11-12H,3-10H2,(H,18,22). The molecule has 6 nitrogen and oxygen atoms in total. The van der Waals surface area contributed by atoms with E-state index >= 15 is 0 Å². The summed E-state index contributed by atoms with van der Waals surface area (Å²) in [5.74, 6) is 0.0453. The predicted molar refractivity (Wildman–Crippen MR) is 89.6 cm³/mol. The van der Waals surface area contributed by atoms with Gasteiger partial charge in [-0.1, -0.05) is 11.6 Å². The molecule has 124 valence electrons. The summed E-state index contributed by atoms with van der Waals surface area (Å²) >= 11 is 6.02. The molecular formula is C16H21ClN4O2. The van der Waals surface area contributed by atoms with Crippen molar-refractivity contribution in [3.8, 4) is 0 Å². The summed E-state index contributed by atoms with van der Waals surface area (Å²) in [6.45, 7) is 5.53. The van der Waals surface area contributed by atoms with Crippen LogP contribution in [0.4, 0.5) is 0 Å². The van der Waals surface area contributed by atoms with Gasteiger partial charge in [0.2, 0.25) is 5.91 Å². The summed E-state index contributed by atoms with van der Waals surface area (Å²) in [5, 5.41) is 8.99. The molecule has 0 saturated carbocycles. The Balaban J connectivity index is 1.43. The Hall–Kier alpha value is -1.63. The number of rotatable bonds is 6. The van der Waals surface area contributed by atoms with Gasteiger partial charge >= 0.3 is 0 Å². The summed E-state index contributed by atoms with van der Waals surface area (Å²) in [7, 11) is 0. The van der Waals surface area contributed by atoms with Crippen molar-refractivity contribution in [1.82, 2.24) is 20.0 Å². The highest BCUT2D eigenvalue weighted by atomic mass is 35.5. The van der Waals surface area contributed by atoms with Gasteiger partial charge in [0.05, 0.1) is 31.5 Å². The van der Waals surface area contributed by atoms with Gasteiger partial charge in [-0.3, -0.25) is 14.4 Å². The quantitative estimate of drug-likeness (QED) is 0.869. The van der Waals surface area contributed by atoms with Crippen LogP contribution in [0.15, 0.2) is 24.4 Å². The summed E-state index contributed by atoms with van der Waals surface area (Å²) in [4.78, 5) is 14.3. The highest BCUT2D eigenvalue weighted by Crippen LogP contribution is 2.19. The molecule has 0 spiro atoms. The average molecular weight is 337 g/mol. The number of amides is 1. The molecule has 7 heteroatoms. The number of ether oxygens (including phenoxy) is 1. The number of hydrogen-bond acceptors (Lipinski definition) is 4. The molecule has 1 aliphatic heterocycles. The normalized spacial score (nSPS) is 15.9. The second-order valence-electron chi connectivity index (χ2n) is 5.62. The summed E-state index contributed by atoms with van der Waals surface area (Å²) in [6, 6.07) is 5.65. The molecule has 1 aliphatic rings. The van der Waals surface area contributed by atoms with Gasteiger partial charge < -0.3 is 10.1 Å². The highest BCUT2D eigenvalue weighted by Gasteiger charge is 2.10. The van der Waals surface area contributed by atoms with Crippen LogP contribution in [0.1, 0.15) is 6.42 Å². The Morgan fingerprint density at radius 3 is 2.96 bits per heavy atom. The van der Waals surface area contributed by atoms with Crippen molar-refractivity contribution < 1.29 is 9.53 Å². The van der Waals surface area contributed by atoms with Crippen molar-refractivity contribution in [2.24, 2.45) is 0 Å². The molecule has 23 heavy (non-hydrogen) atoms. The first-order valence-electron chi connectivity index (χ1n) is 7.90. The van der Waals surface area contributed by atoms with Gasteiger partial charge in [0.15, 0.2) is 0 Å². The molecule has 3 rings (SSSR count). The van der Waals surface area contributed by atoms with E-state index in [-0.39, 0.29) is 5.91 Å². The molecule has 0 unspecified atom stereocenters. The van der Waals surface area contributed by atoms with E-state index in [9.17, 15) is 4.79 Å². The molecule has 1 saturated heterocycles.